The van der Waals surface area contributed by atoms with E-state index in [0.717, 1.165) is 12.8 Å². The van der Waals surface area contributed by atoms with Crippen LogP contribution in [0.3, 0.4) is 0 Å². The summed E-state index contributed by atoms with van der Waals surface area (Å²) in [5.74, 6) is 1.61. The SMILES string of the molecule is CCc1nc(N)cc(OCCOCCCOC)n1. The van der Waals surface area contributed by atoms with Crippen LogP contribution in [0.2, 0.25) is 0 Å². The molecular formula is C12H21N3O3. The predicted octanol–water partition coefficient (Wildman–Crippen LogP) is 1.05. The highest BCUT2D eigenvalue weighted by molar-refractivity contribution is 5.32. The van der Waals surface area contributed by atoms with Crippen LogP contribution >= 0.6 is 0 Å². The van der Waals surface area contributed by atoms with E-state index in [1.165, 1.54) is 0 Å². The van der Waals surface area contributed by atoms with Gasteiger partial charge in [-0.15, -0.1) is 0 Å². The molecule has 0 amide bonds. The van der Waals surface area contributed by atoms with E-state index < -0.39 is 0 Å². The predicted molar refractivity (Wildman–Crippen MR) is 68.6 cm³/mol. The summed E-state index contributed by atoms with van der Waals surface area (Å²) in [4.78, 5) is 8.28. The highest BCUT2D eigenvalue weighted by atomic mass is 16.5. The van der Waals surface area contributed by atoms with E-state index >= 15 is 0 Å². The summed E-state index contributed by atoms with van der Waals surface area (Å²) in [7, 11) is 1.67. The summed E-state index contributed by atoms with van der Waals surface area (Å²) in [6, 6.07) is 1.62. The maximum atomic E-state index is 5.64. The molecule has 0 saturated carbocycles. The quantitative estimate of drug-likeness (QED) is 0.664. The molecule has 0 aliphatic rings. The Labute approximate surface area is 107 Å². The number of ether oxygens (including phenoxy) is 3. The van der Waals surface area contributed by atoms with Gasteiger partial charge in [-0.1, -0.05) is 6.92 Å². The Morgan fingerprint density at radius 2 is 2.00 bits per heavy atom. The molecular weight excluding hydrogens is 234 g/mol. The average molecular weight is 255 g/mol. The number of nitrogens with two attached hydrogens (primary N) is 1. The first-order chi connectivity index (χ1) is 8.76. The second kappa shape index (κ2) is 8.66. The lowest BCUT2D eigenvalue weighted by Crippen LogP contribution is -2.10. The molecule has 1 aromatic rings. The van der Waals surface area contributed by atoms with Crippen LogP contribution in [-0.2, 0) is 15.9 Å². The molecule has 0 aliphatic heterocycles. The molecule has 0 aliphatic carbocycles. The number of nitrogens with zero attached hydrogens (tertiary/aromatic N) is 2. The van der Waals surface area contributed by atoms with Gasteiger partial charge in [0.25, 0.3) is 0 Å². The molecule has 0 bridgehead atoms. The Balaban J connectivity index is 2.20. The van der Waals surface area contributed by atoms with Gasteiger partial charge in [0.15, 0.2) is 0 Å². The van der Waals surface area contributed by atoms with Gasteiger partial charge in [0.1, 0.15) is 18.2 Å². The fourth-order valence-electron chi connectivity index (χ4n) is 1.34. The van der Waals surface area contributed by atoms with Crippen molar-refractivity contribution in [3.05, 3.63) is 11.9 Å². The zero-order chi connectivity index (χ0) is 13.2. The number of aromatic nitrogens is 2. The van der Waals surface area contributed by atoms with Crippen LogP contribution in [0.5, 0.6) is 5.88 Å². The number of rotatable bonds is 9. The van der Waals surface area contributed by atoms with Crippen molar-refractivity contribution in [1.29, 1.82) is 0 Å². The summed E-state index contributed by atoms with van der Waals surface area (Å²) >= 11 is 0. The summed E-state index contributed by atoms with van der Waals surface area (Å²) in [5.41, 5.74) is 5.64. The highest BCUT2D eigenvalue weighted by Crippen LogP contribution is 2.10. The number of nitrogen functional groups attached to an aromatic ring is 1. The van der Waals surface area contributed by atoms with Crippen LogP contribution < -0.4 is 10.5 Å². The fraction of sp³-hybridized carbons (Fsp3) is 0.667. The number of hydrogen-bond acceptors (Lipinski definition) is 6. The molecule has 0 aromatic carbocycles. The van der Waals surface area contributed by atoms with Gasteiger partial charge < -0.3 is 19.9 Å². The molecule has 0 atom stereocenters. The van der Waals surface area contributed by atoms with Gasteiger partial charge >= 0.3 is 0 Å². The molecule has 0 saturated heterocycles. The van der Waals surface area contributed by atoms with E-state index in [4.69, 9.17) is 19.9 Å². The topological polar surface area (TPSA) is 79.5 Å². The minimum absolute atomic E-state index is 0.429. The van der Waals surface area contributed by atoms with Gasteiger partial charge in [-0.3, -0.25) is 0 Å². The van der Waals surface area contributed by atoms with Crippen LogP contribution in [0.1, 0.15) is 19.2 Å². The monoisotopic (exact) mass is 255 g/mol. The van der Waals surface area contributed by atoms with Crippen molar-refractivity contribution in [3.8, 4) is 5.88 Å². The molecule has 0 fully saturated rings. The molecule has 0 radical (unpaired) electrons. The Kier molecular flexibility index (Phi) is 7.05. The van der Waals surface area contributed by atoms with E-state index in [-0.39, 0.29) is 0 Å². The first kappa shape index (κ1) is 14.7. The molecule has 102 valence electrons. The zero-order valence-electron chi connectivity index (χ0n) is 11.0. The Morgan fingerprint density at radius 3 is 2.72 bits per heavy atom. The van der Waals surface area contributed by atoms with Gasteiger partial charge in [0.05, 0.1) is 6.61 Å². The molecule has 2 N–H and O–H groups in total. The fourth-order valence-corrected chi connectivity index (χ4v) is 1.34. The second-order valence-electron chi connectivity index (χ2n) is 3.71. The third-order valence-corrected chi connectivity index (χ3v) is 2.20. The molecule has 1 aromatic heterocycles. The second-order valence-corrected chi connectivity index (χ2v) is 3.71. The van der Waals surface area contributed by atoms with Crippen LogP contribution in [-0.4, -0.2) is 43.5 Å². The lowest BCUT2D eigenvalue weighted by molar-refractivity contribution is 0.0795. The number of methoxy groups -OCH3 is 1. The molecule has 1 rings (SSSR count). The Hall–Kier alpha value is -1.40. The van der Waals surface area contributed by atoms with Crippen LogP contribution in [0, 0.1) is 0 Å². The first-order valence-corrected chi connectivity index (χ1v) is 6.09. The lowest BCUT2D eigenvalue weighted by Gasteiger charge is -2.07. The van der Waals surface area contributed by atoms with E-state index in [2.05, 4.69) is 9.97 Å². The molecule has 6 heteroatoms. The maximum Gasteiger partial charge on any atom is 0.218 e. The molecule has 1 heterocycles. The average Bonchev–Trinajstić information content (AvgIpc) is 2.37. The van der Waals surface area contributed by atoms with Crippen molar-refractivity contribution in [3.63, 3.8) is 0 Å². The number of hydrogen-bond donors (Lipinski definition) is 1. The molecule has 0 unspecified atom stereocenters. The van der Waals surface area contributed by atoms with Crippen molar-refractivity contribution in [2.24, 2.45) is 0 Å². The number of anilines is 1. The normalized spacial score (nSPS) is 10.6. The van der Waals surface area contributed by atoms with Gasteiger partial charge in [-0.2, -0.15) is 4.98 Å². The van der Waals surface area contributed by atoms with E-state index in [1.807, 2.05) is 6.92 Å². The van der Waals surface area contributed by atoms with Crippen molar-refractivity contribution < 1.29 is 14.2 Å². The zero-order valence-corrected chi connectivity index (χ0v) is 11.0. The third-order valence-electron chi connectivity index (χ3n) is 2.20. The van der Waals surface area contributed by atoms with Crippen LogP contribution in [0.4, 0.5) is 5.82 Å². The van der Waals surface area contributed by atoms with Crippen molar-refractivity contribution in [2.75, 3.05) is 39.3 Å². The third kappa shape index (κ3) is 5.79. The summed E-state index contributed by atoms with van der Waals surface area (Å²) in [6.07, 6.45) is 1.62. The molecule has 6 nitrogen and oxygen atoms in total. The summed E-state index contributed by atoms with van der Waals surface area (Å²) in [5, 5.41) is 0. The van der Waals surface area contributed by atoms with Crippen molar-refractivity contribution >= 4 is 5.82 Å². The van der Waals surface area contributed by atoms with Crippen LogP contribution in [0.15, 0.2) is 6.07 Å². The molecule has 18 heavy (non-hydrogen) atoms. The maximum absolute atomic E-state index is 5.64. The van der Waals surface area contributed by atoms with Gasteiger partial charge in [0.2, 0.25) is 5.88 Å². The summed E-state index contributed by atoms with van der Waals surface area (Å²) < 4.78 is 15.7. The standard InChI is InChI=1S/C12H21N3O3/c1-3-11-14-10(13)9-12(15-11)18-8-7-17-6-4-5-16-2/h9H,3-8H2,1-2H3,(H2,13,14,15). The smallest absolute Gasteiger partial charge is 0.218 e. The van der Waals surface area contributed by atoms with Crippen LogP contribution in [0.25, 0.3) is 0 Å². The summed E-state index contributed by atoms with van der Waals surface area (Å²) in [6.45, 7) is 4.33. The van der Waals surface area contributed by atoms with Crippen molar-refractivity contribution in [2.45, 2.75) is 19.8 Å². The Bertz CT molecular complexity index is 347. The highest BCUT2D eigenvalue weighted by Gasteiger charge is 2.01. The molecule has 0 spiro atoms. The van der Waals surface area contributed by atoms with E-state index in [9.17, 15) is 0 Å². The van der Waals surface area contributed by atoms with Gasteiger partial charge in [-0.05, 0) is 6.42 Å². The van der Waals surface area contributed by atoms with E-state index in [1.54, 1.807) is 13.2 Å². The number of aryl methyl sites for hydroxylation is 1. The minimum Gasteiger partial charge on any atom is -0.475 e. The minimum atomic E-state index is 0.429. The van der Waals surface area contributed by atoms with Crippen molar-refractivity contribution in [1.82, 2.24) is 9.97 Å². The largest absolute Gasteiger partial charge is 0.475 e. The lowest BCUT2D eigenvalue weighted by atomic mass is 10.4. The van der Waals surface area contributed by atoms with E-state index in [0.29, 0.717) is 43.9 Å². The first-order valence-electron chi connectivity index (χ1n) is 6.09. The Morgan fingerprint density at radius 1 is 1.17 bits per heavy atom. The van der Waals surface area contributed by atoms with Gasteiger partial charge in [-0.25, -0.2) is 4.98 Å². The van der Waals surface area contributed by atoms with Gasteiger partial charge in [0, 0.05) is 32.8 Å².